The third kappa shape index (κ3) is 6.95. The van der Waals surface area contributed by atoms with E-state index in [0.717, 1.165) is 47.0 Å². The molecular formula is C46H44O4P2. The maximum atomic E-state index is 7.09. The Kier molecular flexibility index (Phi) is 10.0. The Hall–Kier alpha value is -4.62. The molecule has 52 heavy (non-hydrogen) atoms. The average Bonchev–Trinajstić information content (AvgIpc) is 3.41. The summed E-state index contributed by atoms with van der Waals surface area (Å²) in [5.74, 6) is 3.06. The Balaban J connectivity index is 1.52. The van der Waals surface area contributed by atoms with Crippen LogP contribution < -0.4 is 50.8 Å². The number of hydrogen-bond donors (Lipinski definition) is 0. The monoisotopic (exact) mass is 722 g/mol. The molecule has 2 aliphatic heterocycles. The Morgan fingerprint density at radius 2 is 0.654 bits per heavy atom. The molecule has 0 aromatic heterocycles. The lowest BCUT2D eigenvalue weighted by Crippen LogP contribution is -2.27. The maximum Gasteiger partial charge on any atom is 0.170 e. The first-order valence-corrected chi connectivity index (χ1v) is 20.9. The van der Waals surface area contributed by atoms with Gasteiger partial charge in [-0.25, -0.2) is 0 Å². The molecule has 2 aliphatic rings. The van der Waals surface area contributed by atoms with E-state index in [1.165, 1.54) is 31.8 Å². The van der Waals surface area contributed by atoms with Crippen LogP contribution in [0.5, 0.6) is 23.0 Å². The van der Waals surface area contributed by atoms with E-state index >= 15 is 0 Å². The van der Waals surface area contributed by atoms with Crippen LogP contribution in [0.3, 0.4) is 0 Å². The van der Waals surface area contributed by atoms with Gasteiger partial charge in [0.2, 0.25) is 0 Å². The van der Waals surface area contributed by atoms with Gasteiger partial charge in [-0.1, -0.05) is 121 Å². The molecule has 0 spiro atoms. The van der Waals surface area contributed by atoms with Gasteiger partial charge < -0.3 is 18.9 Å². The second-order valence-electron chi connectivity index (χ2n) is 13.8. The van der Waals surface area contributed by atoms with E-state index in [1.54, 1.807) is 0 Å². The molecule has 2 heterocycles. The molecule has 4 atom stereocenters. The highest BCUT2D eigenvalue weighted by atomic mass is 31.1. The standard InChI is InChI=1S/C46H44O4P2/c1-31-29-33(3)49-45-39(47-31)25-27-41(51(35-17-9-5-10-18-35)36-19-11-6-12-20-36)43(45)44-42(28-26-40-46(44)50-34(4)30-32(2)48-40)52(37-21-13-7-14-22-37)38-23-15-8-16-24-38/h5-28,31-34H,29-30H2,1-4H3. The zero-order valence-electron chi connectivity index (χ0n) is 30.1. The van der Waals surface area contributed by atoms with E-state index in [4.69, 9.17) is 18.9 Å². The third-order valence-corrected chi connectivity index (χ3v) is 14.6. The lowest BCUT2D eigenvalue weighted by molar-refractivity contribution is 0.167. The van der Waals surface area contributed by atoms with Crippen LogP contribution in [-0.2, 0) is 0 Å². The highest BCUT2D eigenvalue weighted by Gasteiger charge is 2.36. The number of benzene rings is 6. The first-order chi connectivity index (χ1) is 25.4. The van der Waals surface area contributed by atoms with Crippen molar-refractivity contribution in [3.05, 3.63) is 146 Å². The lowest BCUT2D eigenvalue weighted by Gasteiger charge is -2.30. The fraction of sp³-hybridized carbons (Fsp3) is 0.217. The second kappa shape index (κ2) is 15.2. The molecule has 8 rings (SSSR count). The summed E-state index contributed by atoms with van der Waals surface area (Å²) in [5.41, 5.74) is 2.04. The minimum Gasteiger partial charge on any atom is -0.487 e. The molecule has 0 aliphatic carbocycles. The van der Waals surface area contributed by atoms with E-state index in [1.807, 2.05) is 0 Å². The van der Waals surface area contributed by atoms with Crippen molar-refractivity contribution in [2.24, 2.45) is 0 Å². The fourth-order valence-corrected chi connectivity index (χ4v) is 12.4. The summed E-state index contributed by atoms with van der Waals surface area (Å²) in [6, 6.07) is 52.4. The van der Waals surface area contributed by atoms with Crippen LogP contribution in [-0.4, -0.2) is 24.4 Å². The van der Waals surface area contributed by atoms with Crippen molar-refractivity contribution < 1.29 is 18.9 Å². The number of fused-ring (bicyclic) bond motifs is 2. The first kappa shape index (κ1) is 34.5. The smallest absolute Gasteiger partial charge is 0.170 e. The molecule has 0 saturated heterocycles. The fourth-order valence-electron chi connectivity index (χ4n) is 7.51. The van der Waals surface area contributed by atoms with Gasteiger partial charge in [0.05, 0.1) is 24.4 Å². The van der Waals surface area contributed by atoms with Gasteiger partial charge in [-0.05, 0) is 99.6 Å². The molecule has 4 unspecified atom stereocenters. The van der Waals surface area contributed by atoms with E-state index in [2.05, 4.69) is 173 Å². The normalized spacial score (nSPS) is 19.6. The molecule has 0 saturated carbocycles. The summed E-state index contributed by atoms with van der Waals surface area (Å²) in [5, 5.41) is 7.43. The highest BCUT2D eigenvalue weighted by molar-refractivity contribution is 7.80. The van der Waals surface area contributed by atoms with Gasteiger partial charge in [0.25, 0.3) is 0 Å². The van der Waals surface area contributed by atoms with Crippen LogP contribution in [0.2, 0.25) is 0 Å². The van der Waals surface area contributed by atoms with Gasteiger partial charge in [0.15, 0.2) is 23.0 Å². The second-order valence-corrected chi connectivity index (χ2v) is 18.1. The van der Waals surface area contributed by atoms with Crippen molar-refractivity contribution in [3.63, 3.8) is 0 Å². The van der Waals surface area contributed by atoms with Gasteiger partial charge in [-0.15, -0.1) is 0 Å². The van der Waals surface area contributed by atoms with Crippen molar-refractivity contribution in [2.75, 3.05) is 0 Å². The molecule has 6 aromatic carbocycles. The Morgan fingerprint density at radius 1 is 0.365 bits per heavy atom. The van der Waals surface area contributed by atoms with E-state index in [9.17, 15) is 0 Å². The average molecular weight is 723 g/mol. The molecule has 6 aromatic rings. The molecule has 0 radical (unpaired) electrons. The number of rotatable bonds is 7. The van der Waals surface area contributed by atoms with Crippen LogP contribution in [0.25, 0.3) is 11.1 Å². The van der Waals surface area contributed by atoms with E-state index < -0.39 is 15.8 Å². The van der Waals surface area contributed by atoms with Crippen LogP contribution >= 0.6 is 15.8 Å². The quantitative estimate of drug-likeness (QED) is 0.155. The first-order valence-electron chi connectivity index (χ1n) is 18.3. The third-order valence-electron chi connectivity index (χ3n) is 9.61. The van der Waals surface area contributed by atoms with Crippen LogP contribution in [0.1, 0.15) is 40.5 Å². The summed E-state index contributed by atoms with van der Waals surface area (Å²) in [6.07, 6.45) is 1.44. The van der Waals surface area contributed by atoms with Crippen molar-refractivity contribution in [3.8, 4) is 34.1 Å². The summed E-state index contributed by atoms with van der Waals surface area (Å²) in [7, 11) is -2.09. The van der Waals surface area contributed by atoms with Gasteiger partial charge >= 0.3 is 0 Å². The molecule has 0 bridgehead atoms. The lowest BCUT2D eigenvalue weighted by atomic mass is 10.0. The van der Waals surface area contributed by atoms with Crippen LogP contribution in [0, 0.1) is 0 Å². The number of ether oxygens (including phenoxy) is 4. The van der Waals surface area contributed by atoms with Gasteiger partial charge in [-0.3, -0.25) is 0 Å². The predicted molar refractivity (Wildman–Crippen MR) is 219 cm³/mol. The topological polar surface area (TPSA) is 36.9 Å². The zero-order chi connectivity index (χ0) is 35.6. The molecule has 0 amide bonds. The molecule has 0 N–H and O–H groups in total. The summed E-state index contributed by atoms with van der Waals surface area (Å²) in [4.78, 5) is 0. The van der Waals surface area contributed by atoms with E-state index in [0.29, 0.717) is 0 Å². The number of hydrogen-bond acceptors (Lipinski definition) is 4. The highest BCUT2D eigenvalue weighted by Crippen LogP contribution is 2.53. The maximum absolute atomic E-state index is 7.09. The Labute approximate surface area is 310 Å². The van der Waals surface area contributed by atoms with Crippen LogP contribution in [0.15, 0.2) is 146 Å². The molecule has 4 nitrogen and oxygen atoms in total. The van der Waals surface area contributed by atoms with Crippen molar-refractivity contribution in [1.82, 2.24) is 0 Å². The minimum atomic E-state index is -1.04. The van der Waals surface area contributed by atoms with Crippen molar-refractivity contribution >= 4 is 47.7 Å². The van der Waals surface area contributed by atoms with Gasteiger partial charge in [0, 0.05) is 24.0 Å². The minimum absolute atomic E-state index is 0.00159. The van der Waals surface area contributed by atoms with Crippen molar-refractivity contribution in [1.29, 1.82) is 0 Å². The largest absolute Gasteiger partial charge is 0.487 e. The molecule has 6 heteroatoms. The summed E-state index contributed by atoms with van der Waals surface area (Å²) in [6.45, 7) is 8.57. The Morgan fingerprint density at radius 3 is 0.962 bits per heavy atom. The van der Waals surface area contributed by atoms with Gasteiger partial charge in [-0.2, -0.15) is 0 Å². The zero-order valence-corrected chi connectivity index (χ0v) is 31.9. The Bertz CT molecular complexity index is 1890. The van der Waals surface area contributed by atoms with Crippen LogP contribution in [0.4, 0.5) is 0 Å². The molecular weight excluding hydrogens is 678 g/mol. The molecule has 0 fully saturated rings. The summed E-state index contributed by atoms with van der Waals surface area (Å²) < 4.78 is 27.6. The molecule has 262 valence electrons. The predicted octanol–water partition coefficient (Wildman–Crippen LogP) is 8.75. The SMILES string of the molecule is CC1CC(C)Oc2c(ccc(P(c3ccccc3)c3ccccc3)c2-c2c(P(c3ccccc3)c3ccccc3)ccc3c2OC(C)CC(C)O3)O1. The van der Waals surface area contributed by atoms with E-state index in [-0.39, 0.29) is 24.4 Å². The summed E-state index contributed by atoms with van der Waals surface area (Å²) >= 11 is 0. The van der Waals surface area contributed by atoms with Crippen molar-refractivity contribution in [2.45, 2.75) is 65.0 Å². The van der Waals surface area contributed by atoms with Gasteiger partial charge in [0.1, 0.15) is 0 Å².